The lowest BCUT2D eigenvalue weighted by Crippen LogP contribution is -2.39. The highest BCUT2D eigenvalue weighted by Gasteiger charge is 2.12. The summed E-state index contributed by atoms with van der Waals surface area (Å²) in [6.07, 6.45) is 10.00. The molecule has 0 aliphatic heterocycles. The first-order valence-corrected chi connectivity index (χ1v) is 10.2. The van der Waals surface area contributed by atoms with Crippen molar-refractivity contribution in [2.75, 3.05) is 26.7 Å². The molecule has 0 bridgehead atoms. The molecule has 2 rings (SSSR count). The number of rotatable bonds is 9. The normalized spacial score (nSPS) is 15.7. The van der Waals surface area contributed by atoms with E-state index in [1.165, 1.54) is 42.8 Å². The van der Waals surface area contributed by atoms with Crippen molar-refractivity contribution in [2.24, 2.45) is 4.99 Å². The number of aromatic nitrogens is 1. The van der Waals surface area contributed by atoms with Crippen LogP contribution in [0.2, 0.25) is 0 Å². The second-order valence-corrected chi connectivity index (χ2v) is 7.19. The van der Waals surface area contributed by atoms with E-state index in [4.69, 9.17) is 4.74 Å². The minimum Gasteiger partial charge on any atom is -0.378 e. The lowest BCUT2D eigenvalue weighted by atomic mass is 9.98. The van der Waals surface area contributed by atoms with Crippen molar-refractivity contribution in [1.29, 1.82) is 0 Å². The predicted molar refractivity (Wildman–Crippen MR) is 117 cm³/mol. The van der Waals surface area contributed by atoms with E-state index >= 15 is 0 Å². The summed E-state index contributed by atoms with van der Waals surface area (Å²) in [5.41, 5.74) is 1.17. The minimum atomic E-state index is 0. The van der Waals surface area contributed by atoms with Gasteiger partial charge >= 0.3 is 0 Å². The summed E-state index contributed by atoms with van der Waals surface area (Å²) in [4.78, 5) is 8.85. The maximum Gasteiger partial charge on any atom is 0.190 e. The largest absolute Gasteiger partial charge is 0.378 e. The highest BCUT2D eigenvalue weighted by molar-refractivity contribution is 14.0. The highest BCUT2D eigenvalue weighted by atomic mass is 127. The Hall–Kier alpha value is -0.410. The molecule has 5 nitrogen and oxygen atoms in total. The smallest absolute Gasteiger partial charge is 0.190 e. The average molecular weight is 480 g/mol. The zero-order chi connectivity index (χ0) is 17.0. The SMILES string of the molecule is CCc1nc(CCNC(=NC)NCCCOC2CCCCC2)cs1.I. The van der Waals surface area contributed by atoms with E-state index in [0.717, 1.165) is 44.9 Å². The van der Waals surface area contributed by atoms with Crippen molar-refractivity contribution < 1.29 is 4.74 Å². The number of nitrogens with one attached hydrogen (secondary N) is 2. The fourth-order valence-corrected chi connectivity index (χ4v) is 3.70. The maximum atomic E-state index is 5.94. The van der Waals surface area contributed by atoms with E-state index in [0.29, 0.717) is 6.10 Å². The van der Waals surface area contributed by atoms with Crippen LogP contribution in [0, 0.1) is 0 Å². The Kier molecular flexibility index (Phi) is 12.4. The third-order valence-corrected chi connectivity index (χ3v) is 5.36. The van der Waals surface area contributed by atoms with Gasteiger partial charge in [0.25, 0.3) is 0 Å². The van der Waals surface area contributed by atoms with Crippen LogP contribution in [0.25, 0.3) is 0 Å². The molecule has 0 atom stereocenters. The summed E-state index contributed by atoms with van der Waals surface area (Å²) in [6, 6.07) is 0. The molecular weight excluding hydrogens is 447 g/mol. The molecule has 1 aliphatic rings. The van der Waals surface area contributed by atoms with Gasteiger partial charge in [0.15, 0.2) is 5.96 Å². The summed E-state index contributed by atoms with van der Waals surface area (Å²) < 4.78 is 5.94. The van der Waals surface area contributed by atoms with Crippen molar-refractivity contribution >= 4 is 41.3 Å². The number of thiazole rings is 1. The molecule has 0 amide bonds. The van der Waals surface area contributed by atoms with E-state index in [-0.39, 0.29) is 24.0 Å². The second kappa shape index (κ2) is 13.7. The minimum absolute atomic E-state index is 0. The van der Waals surface area contributed by atoms with Gasteiger partial charge in [0, 0.05) is 38.5 Å². The Morgan fingerprint density at radius 3 is 2.72 bits per heavy atom. The molecule has 1 fully saturated rings. The molecule has 1 heterocycles. The quantitative estimate of drug-likeness (QED) is 0.245. The summed E-state index contributed by atoms with van der Waals surface area (Å²) in [7, 11) is 1.81. The lowest BCUT2D eigenvalue weighted by Gasteiger charge is -2.22. The van der Waals surface area contributed by atoms with Crippen molar-refractivity contribution in [3.05, 3.63) is 16.1 Å². The number of ether oxygens (including phenoxy) is 1. The van der Waals surface area contributed by atoms with Crippen molar-refractivity contribution in [2.45, 2.75) is 64.4 Å². The Bertz CT molecular complexity index is 489. The topological polar surface area (TPSA) is 58.5 Å². The fraction of sp³-hybridized carbons (Fsp3) is 0.778. The van der Waals surface area contributed by atoms with Crippen LogP contribution < -0.4 is 10.6 Å². The Balaban J connectivity index is 0.00000312. The standard InChI is InChI=1S/C18H32N4OS.HI/c1-3-17-22-15(14-24-17)10-12-21-18(19-2)20-11-7-13-23-16-8-5-4-6-9-16;/h14,16H,3-13H2,1-2H3,(H2,19,20,21);1H. The van der Waals surface area contributed by atoms with E-state index in [2.05, 4.69) is 32.9 Å². The number of hydrogen-bond acceptors (Lipinski definition) is 4. The second-order valence-electron chi connectivity index (χ2n) is 6.25. The number of aliphatic imine (C=N–C) groups is 1. The summed E-state index contributed by atoms with van der Waals surface area (Å²) in [6.45, 7) is 4.73. The van der Waals surface area contributed by atoms with E-state index in [1.54, 1.807) is 11.3 Å². The number of guanidine groups is 1. The molecule has 1 saturated carbocycles. The number of nitrogens with zero attached hydrogens (tertiary/aromatic N) is 2. The van der Waals surface area contributed by atoms with E-state index < -0.39 is 0 Å². The molecule has 7 heteroatoms. The summed E-state index contributed by atoms with van der Waals surface area (Å²) >= 11 is 1.75. The third kappa shape index (κ3) is 9.19. The third-order valence-electron chi connectivity index (χ3n) is 4.32. The number of halogens is 1. The fourth-order valence-electron chi connectivity index (χ4n) is 2.92. The molecular formula is C18H33IN4OS. The molecule has 2 N–H and O–H groups in total. The molecule has 1 aromatic heterocycles. The maximum absolute atomic E-state index is 5.94. The zero-order valence-electron chi connectivity index (χ0n) is 15.6. The van der Waals surface area contributed by atoms with E-state index in [1.807, 2.05) is 7.05 Å². The Morgan fingerprint density at radius 2 is 2.04 bits per heavy atom. The Labute approximate surface area is 173 Å². The van der Waals surface area contributed by atoms with Crippen LogP contribution in [0.15, 0.2) is 10.4 Å². The van der Waals surface area contributed by atoms with Crippen LogP contribution in [0.1, 0.15) is 56.2 Å². The number of hydrogen-bond donors (Lipinski definition) is 2. The monoisotopic (exact) mass is 480 g/mol. The summed E-state index contributed by atoms with van der Waals surface area (Å²) in [5, 5.41) is 10.1. The van der Waals surface area contributed by atoms with Gasteiger partial charge in [-0.3, -0.25) is 4.99 Å². The molecule has 25 heavy (non-hydrogen) atoms. The van der Waals surface area contributed by atoms with Gasteiger partial charge in [-0.2, -0.15) is 0 Å². The molecule has 0 aromatic carbocycles. The highest BCUT2D eigenvalue weighted by Crippen LogP contribution is 2.20. The first-order chi connectivity index (χ1) is 11.8. The molecule has 0 radical (unpaired) electrons. The van der Waals surface area contributed by atoms with Gasteiger partial charge in [0.1, 0.15) is 0 Å². The van der Waals surface area contributed by atoms with Gasteiger partial charge in [0.05, 0.1) is 16.8 Å². The van der Waals surface area contributed by atoms with Crippen molar-refractivity contribution in [3.63, 3.8) is 0 Å². The molecule has 0 spiro atoms. The Morgan fingerprint density at radius 1 is 1.28 bits per heavy atom. The van der Waals surface area contributed by atoms with Gasteiger partial charge in [-0.25, -0.2) is 4.98 Å². The molecule has 0 unspecified atom stereocenters. The first-order valence-electron chi connectivity index (χ1n) is 9.31. The molecule has 1 aliphatic carbocycles. The van der Waals surface area contributed by atoms with Crippen molar-refractivity contribution in [1.82, 2.24) is 15.6 Å². The van der Waals surface area contributed by atoms with Crippen molar-refractivity contribution in [3.8, 4) is 0 Å². The van der Waals surface area contributed by atoms with Crippen LogP contribution >= 0.6 is 35.3 Å². The summed E-state index contributed by atoms with van der Waals surface area (Å²) in [5.74, 6) is 0.860. The average Bonchev–Trinajstić information content (AvgIpc) is 3.09. The van der Waals surface area contributed by atoms with Crippen LogP contribution in [0.4, 0.5) is 0 Å². The van der Waals surface area contributed by atoms with Gasteiger partial charge in [-0.15, -0.1) is 35.3 Å². The number of aryl methyl sites for hydroxylation is 1. The molecule has 144 valence electrons. The van der Waals surface area contributed by atoms with Crippen LogP contribution in [0.5, 0.6) is 0 Å². The van der Waals surface area contributed by atoms with Crippen LogP contribution in [-0.2, 0) is 17.6 Å². The van der Waals surface area contributed by atoms with Crippen LogP contribution in [-0.4, -0.2) is 43.8 Å². The first kappa shape index (κ1) is 22.6. The lowest BCUT2D eigenvalue weighted by molar-refractivity contribution is 0.0277. The van der Waals surface area contributed by atoms with E-state index in [9.17, 15) is 0 Å². The predicted octanol–water partition coefficient (Wildman–Crippen LogP) is 3.77. The van der Waals surface area contributed by atoms with Gasteiger partial charge < -0.3 is 15.4 Å². The van der Waals surface area contributed by atoms with Gasteiger partial charge in [-0.05, 0) is 25.7 Å². The molecule has 1 aromatic rings. The zero-order valence-corrected chi connectivity index (χ0v) is 18.7. The van der Waals surface area contributed by atoms with Crippen LogP contribution in [0.3, 0.4) is 0 Å². The van der Waals surface area contributed by atoms with Gasteiger partial charge in [-0.1, -0.05) is 26.2 Å². The van der Waals surface area contributed by atoms with Gasteiger partial charge in [0.2, 0.25) is 0 Å². The molecule has 0 saturated heterocycles.